The Labute approximate surface area is 147 Å². The number of rotatable bonds is 5. The van der Waals surface area contributed by atoms with Gasteiger partial charge in [-0.25, -0.2) is 0 Å². The zero-order chi connectivity index (χ0) is 17.2. The summed E-state index contributed by atoms with van der Waals surface area (Å²) in [5.41, 5.74) is 2.92. The molecule has 0 aliphatic carbocycles. The molecule has 1 aliphatic rings. The standard InChI is InChI=1S/C19H24N4O2/c1-22-7-8-24-16(13-22)11-20-10-15-12-23(2)21-19(15)18-9-14-5-3-4-6-17(14)25-18/h3-6,9,12,16,20H,7-8,10-11,13H2,1-2H3. The molecular formula is C19H24N4O2. The van der Waals surface area contributed by atoms with Crippen LogP contribution in [0.2, 0.25) is 0 Å². The van der Waals surface area contributed by atoms with Crippen molar-refractivity contribution in [3.05, 3.63) is 42.1 Å². The van der Waals surface area contributed by atoms with E-state index in [1.165, 1.54) is 0 Å². The van der Waals surface area contributed by atoms with E-state index in [1.807, 2.05) is 36.1 Å². The van der Waals surface area contributed by atoms with Gasteiger partial charge in [0.2, 0.25) is 0 Å². The number of fused-ring (bicyclic) bond motifs is 1. The molecule has 1 unspecified atom stereocenters. The van der Waals surface area contributed by atoms with Crippen molar-refractivity contribution < 1.29 is 9.15 Å². The summed E-state index contributed by atoms with van der Waals surface area (Å²) >= 11 is 0. The van der Waals surface area contributed by atoms with Crippen LogP contribution in [0.5, 0.6) is 0 Å². The van der Waals surface area contributed by atoms with Crippen LogP contribution in [0.3, 0.4) is 0 Å². The normalized spacial score (nSPS) is 18.9. The first-order chi connectivity index (χ1) is 12.2. The molecule has 1 fully saturated rings. The number of hydrogen-bond acceptors (Lipinski definition) is 5. The van der Waals surface area contributed by atoms with Gasteiger partial charge in [0.25, 0.3) is 0 Å². The van der Waals surface area contributed by atoms with Crippen molar-refractivity contribution in [2.75, 3.05) is 33.3 Å². The molecule has 1 aromatic carbocycles. The summed E-state index contributed by atoms with van der Waals surface area (Å²) in [5, 5.41) is 9.20. The highest BCUT2D eigenvalue weighted by Gasteiger charge is 2.18. The second-order valence-corrected chi connectivity index (χ2v) is 6.71. The molecule has 132 valence electrons. The zero-order valence-electron chi connectivity index (χ0n) is 14.7. The van der Waals surface area contributed by atoms with Gasteiger partial charge in [0.15, 0.2) is 5.76 Å². The minimum atomic E-state index is 0.241. The van der Waals surface area contributed by atoms with E-state index < -0.39 is 0 Å². The fourth-order valence-electron chi connectivity index (χ4n) is 3.33. The lowest BCUT2D eigenvalue weighted by molar-refractivity contribution is -0.0182. The summed E-state index contributed by atoms with van der Waals surface area (Å²) in [5.74, 6) is 0.812. The number of morpholine rings is 1. The summed E-state index contributed by atoms with van der Waals surface area (Å²) in [6.45, 7) is 4.36. The van der Waals surface area contributed by atoms with Crippen molar-refractivity contribution in [1.29, 1.82) is 0 Å². The number of nitrogens with zero attached hydrogens (tertiary/aromatic N) is 3. The Morgan fingerprint density at radius 3 is 3.00 bits per heavy atom. The fraction of sp³-hybridized carbons (Fsp3) is 0.421. The molecule has 0 saturated carbocycles. The van der Waals surface area contributed by atoms with Crippen LogP contribution in [0.15, 0.2) is 40.9 Å². The summed E-state index contributed by atoms with van der Waals surface area (Å²) in [4.78, 5) is 2.31. The predicted octanol–water partition coefficient (Wildman–Crippen LogP) is 2.25. The lowest BCUT2D eigenvalue weighted by atomic mass is 10.2. The van der Waals surface area contributed by atoms with E-state index >= 15 is 0 Å². The molecule has 4 rings (SSSR count). The minimum Gasteiger partial charge on any atom is -0.454 e. The molecule has 0 spiro atoms. The number of benzene rings is 1. The van der Waals surface area contributed by atoms with E-state index in [0.29, 0.717) is 0 Å². The van der Waals surface area contributed by atoms with Gasteiger partial charge in [0.05, 0.1) is 12.7 Å². The van der Waals surface area contributed by atoms with Crippen molar-refractivity contribution >= 4 is 11.0 Å². The predicted molar refractivity (Wildman–Crippen MR) is 97.4 cm³/mol. The zero-order valence-corrected chi connectivity index (χ0v) is 14.7. The third-order valence-corrected chi connectivity index (χ3v) is 4.59. The van der Waals surface area contributed by atoms with Crippen LogP contribution in [0.1, 0.15) is 5.56 Å². The number of aromatic nitrogens is 2. The molecule has 1 atom stereocenters. The molecule has 3 aromatic rings. The monoisotopic (exact) mass is 340 g/mol. The molecule has 25 heavy (non-hydrogen) atoms. The Kier molecular flexibility index (Phi) is 4.57. The van der Waals surface area contributed by atoms with Gasteiger partial charge in [-0.15, -0.1) is 0 Å². The fourth-order valence-corrected chi connectivity index (χ4v) is 3.33. The van der Waals surface area contributed by atoms with Crippen LogP contribution in [-0.4, -0.2) is 54.1 Å². The SMILES string of the molecule is CN1CCOC(CNCc2cn(C)nc2-c2cc3ccccc3o2)C1. The van der Waals surface area contributed by atoms with Gasteiger partial charge >= 0.3 is 0 Å². The summed E-state index contributed by atoms with van der Waals surface area (Å²) in [6, 6.07) is 10.1. The smallest absolute Gasteiger partial charge is 0.156 e. The molecule has 1 N–H and O–H groups in total. The Hall–Kier alpha value is -2.15. The first-order valence-electron chi connectivity index (χ1n) is 8.71. The quantitative estimate of drug-likeness (QED) is 0.772. The average molecular weight is 340 g/mol. The molecular weight excluding hydrogens is 316 g/mol. The maximum Gasteiger partial charge on any atom is 0.156 e. The Morgan fingerprint density at radius 2 is 2.16 bits per heavy atom. The number of para-hydroxylation sites is 1. The molecule has 0 amide bonds. The lowest BCUT2D eigenvalue weighted by Crippen LogP contribution is -2.44. The van der Waals surface area contributed by atoms with Crippen molar-refractivity contribution in [1.82, 2.24) is 20.0 Å². The Bertz CT molecular complexity index is 821. The molecule has 1 saturated heterocycles. The second kappa shape index (κ2) is 7.00. The minimum absolute atomic E-state index is 0.241. The number of hydrogen-bond donors (Lipinski definition) is 1. The topological polar surface area (TPSA) is 55.5 Å². The number of likely N-dealkylation sites (N-methyl/N-ethyl adjacent to an activating group) is 1. The molecule has 6 nitrogen and oxygen atoms in total. The first kappa shape index (κ1) is 16.3. The third-order valence-electron chi connectivity index (χ3n) is 4.59. The van der Waals surface area contributed by atoms with E-state index in [1.54, 1.807) is 0 Å². The van der Waals surface area contributed by atoms with Crippen LogP contribution in [-0.2, 0) is 18.3 Å². The highest BCUT2D eigenvalue weighted by Crippen LogP contribution is 2.28. The van der Waals surface area contributed by atoms with Gasteiger partial charge in [0, 0.05) is 50.4 Å². The molecule has 1 aliphatic heterocycles. The highest BCUT2D eigenvalue weighted by molar-refractivity contribution is 5.82. The van der Waals surface area contributed by atoms with E-state index in [-0.39, 0.29) is 6.10 Å². The largest absolute Gasteiger partial charge is 0.454 e. The van der Waals surface area contributed by atoms with Gasteiger partial charge in [-0.1, -0.05) is 18.2 Å². The molecule has 6 heteroatoms. The molecule has 0 radical (unpaired) electrons. The molecule has 3 heterocycles. The molecule has 0 bridgehead atoms. The lowest BCUT2D eigenvalue weighted by Gasteiger charge is -2.30. The Morgan fingerprint density at radius 1 is 1.28 bits per heavy atom. The van der Waals surface area contributed by atoms with Gasteiger partial charge < -0.3 is 19.4 Å². The highest BCUT2D eigenvalue weighted by atomic mass is 16.5. The number of aryl methyl sites for hydroxylation is 1. The molecule has 2 aromatic heterocycles. The summed E-state index contributed by atoms with van der Waals surface area (Å²) < 4.78 is 13.6. The average Bonchev–Trinajstić information content (AvgIpc) is 3.18. The van der Waals surface area contributed by atoms with Gasteiger partial charge in [-0.3, -0.25) is 4.68 Å². The van der Waals surface area contributed by atoms with Crippen LogP contribution in [0.25, 0.3) is 22.4 Å². The van der Waals surface area contributed by atoms with Gasteiger partial charge in [-0.05, 0) is 19.2 Å². The van der Waals surface area contributed by atoms with Crippen LogP contribution in [0, 0.1) is 0 Å². The van der Waals surface area contributed by atoms with E-state index in [4.69, 9.17) is 9.15 Å². The first-order valence-corrected chi connectivity index (χ1v) is 8.71. The van der Waals surface area contributed by atoms with Crippen LogP contribution in [0.4, 0.5) is 0 Å². The van der Waals surface area contributed by atoms with Crippen LogP contribution >= 0.6 is 0 Å². The van der Waals surface area contributed by atoms with Crippen molar-refractivity contribution in [2.45, 2.75) is 12.6 Å². The van der Waals surface area contributed by atoms with Crippen molar-refractivity contribution in [3.63, 3.8) is 0 Å². The number of nitrogens with one attached hydrogen (secondary N) is 1. The second-order valence-electron chi connectivity index (χ2n) is 6.71. The van der Waals surface area contributed by atoms with Gasteiger partial charge in [-0.2, -0.15) is 5.10 Å². The number of ether oxygens (including phenoxy) is 1. The van der Waals surface area contributed by atoms with E-state index in [0.717, 1.165) is 60.8 Å². The van der Waals surface area contributed by atoms with E-state index in [9.17, 15) is 0 Å². The van der Waals surface area contributed by atoms with Gasteiger partial charge in [0.1, 0.15) is 11.3 Å². The number of furan rings is 1. The van der Waals surface area contributed by atoms with E-state index in [2.05, 4.69) is 34.5 Å². The third kappa shape index (κ3) is 3.61. The summed E-state index contributed by atoms with van der Waals surface area (Å²) in [6.07, 6.45) is 2.29. The summed E-state index contributed by atoms with van der Waals surface area (Å²) in [7, 11) is 4.07. The van der Waals surface area contributed by atoms with Crippen molar-refractivity contribution in [3.8, 4) is 11.5 Å². The van der Waals surface area contributed by atoms with Crippen molar-refractivity contribution in [2.24, 2.45) is 7.05 Å². The Balaban J connectivity index is 1.47. The van der Waals surface area contributed by atoms with Crippen LogP contribution < -0.4 is 5.32 Å². The maximum atomic E-state index is 5.98. The maximum absolute atomic E-state index is 5.98.